The van der Waals surface area contributed by atoms with Crippen LogP contribution in [0.1, 0.15) is 17.3 Å². The number of fused-ring (bicyclic) bond motifs is 1. The van der Waals surface area contributed by atoms with E-state index in [1.54, 1.807) is 13.0 Å². The fourth-order valence-electron chi connectivity index (χ4n) is 1.43. The molecule has 0 bridgehead atoms. The van der Waals surface area contributed by atoms with Gasteiger partial charge in [0.25, 0.3) is 0 Å². The molecule has 0 saturated heterocycles. The van der Waals surface area contributed by atoms with Crippen LogP contribution >= 0.6 is 0 Å². The Balaban J connectivity index is 2.57. The second kappa shape index (κ2) is 3.38. The number of aromatic amines is 1. The van der Waals surface area contributed by atoms with Crippen LogP contribution in [-0.4, -0.2) is 29.8 Å². The van der Waals surface area contributed by atoms with Crippen molar-refractivity contribution in [3.63, 3.8) is 0 Å². The van der Waals surface area contributed by atoms with E-state index >= 15 is 0 Å². The first-order chi connectivity index (χ1) is 7.08. The molecule has 1 N–H and O–H groups in total. The van der Waals surface area contributed by atoms with Gasteiger partial charge in [0.15, 0.2) is 5.78 Å². The first-order valence-electron chi connectivity index (χ1n) is 4.76. The molecule has 0 amide bonds. The van der Waals surface area contributed by atoms with Crippen molar-refractivity contribution < 1.29 is 4.79 Å². The number of H-pyrrole nitrogens is 1. The number of aromatic nitrogens is 2. The minimum absolute atomic E-state index is 0.0675. The molecule has 0 saturated carbocycles. The van der Waals surface area contributed by atoms with Gasteiger partial charge in [-0.15, -0.1) is 0 Å². The lowest BCUT2D eigenvalue weighted by atomic mass is 10.1. The number of imidazole rings is 1. The van der Waals surface area contributed by atoms with Gasteiger partial charge in [-0.25, -0.2) is 4.98 Å². The second-order valence-electron chi connectivity index (χ2n) is 3.74. The minimum atomic E-state index is 0.0675. The molecule has 1 aromatic carbocycles. The van der Waals surface area contributed by atoms with Gasteiger partial charge >= 0.3 is 0 Å². The number of carbonyl (C=O) groups excluding carboxylic acids is 1. The summed E-state index contributed by atoms with van der Waals surface area (Å²) in [5.74, 6) is 0.864. The van der Waals surface area contributed by atoms with E-state index in [0.29, 0.717) is 5.56 Å². The van der Waals surface area contributed by atoms with E-state index in [-0.39, 0.29) is 5.78 Å². The maximum Gasteiger partial charge on any atom is 0.203 e. The van der Waals surface area contributed by atoms with Crippen molar-refractivity contribution in [2.45, 2.75) is 6.92 Å². The van der Waals surface area contributed by atoms with Crippen molar-refractivity contribution >= 4 is 22.8 Å². The van der Waals surface area contributed by atoms with E-state index in [4.69, 9.17) is 0 Å². The topological polar surface area (TPSA) is 49.0 Å². The monoisotopic (exact) mass is 203 g/mol. The third kappa shape index (κ3) is 1.70. The molecule has 0 aliphatic carbocycles. The van der Waals surface area contributed by atoms with Crippen LogP contribution in [0.2, 0.25) is 0 Å². The maximum atomic E-state index is 11.2. The highest BCUT2D eigenvalue weighted by Crippen LogP contribution is 2.17. The standard InChI is InChI=1S/C11H13N3O/c1-7(15)8-4-5-9-10(6-8)13-11(12-9)14(2)3/h4-6H,1-3H3,(H,12,13). The summed E-state index contributed by atoms with van der Waals surface area (Å²) in [5.41, 5.74) is 2.48. The van der Waals surface area contributed by atoms with Crippen molar-refractivity contribution in [1.82, 2.24) is 9.97 Å². The fraction of sp³-hybridized carbons (Fsp3) is 0.273. The lowest BCUT2D eigenvalue weighted by Crippen LogP contribution is -2.09. The van der Waals surface area contributed by atoms with Crippen molar-refractivity contribution in [1.29, 1.82) is 0 Å². The quantitative estimate of drug-likeness (QED) is 0.757. The molecule has 15 heavy (non-hydrogen) atoms. The van der Waals surface area contributed by atoms with Gasteiger partial charge in [-0.05, 0) is 25.1 Å². The molecule has 0 fully saturated rings. The van der Waals surface area contributed by atoms with Gasteiger partial charge in [0.1, 0.15) is 0 Å². The number of nitrogens with one attached hydrogen (secondary N) is 1. The van der Waals surface area contributed by atoms with E-state index in [1.165, 1.54) is 0 Å². The fourth-order valence-corrected chi connectivity index (χ4v) is 1.43. The van der Waals surface area contributed by atoms with Crippen LogP contribution in [0.3, 0.4) is 0 Å². The number of hydrogen-bond acceptors (Lipinski definition) is 3. The molecular weight excluding hydrogens is 190 g/mol. The van der Waals surface area contributed by atoms with E-state index in [1.807, 2.05) is 31.1 Å². The van der Waals surface area contributed by atoms with Gasteiger partial charge in [-0.3, -0.25) is 4.79 Å². The summed E-state index contributed by atoms with van der Waals surface area (Å²) in [6.07, 6.45) is 0. The molecule has 0 atom stereocenters. The predicted molar refractivity (Wildman–Crippen MR) is 60.4 cm³/mol. The molecule has 2 rings (SSSR count). The molecule has 0 unspecified atom stereocenters. The minimum Gasteiger partial charge on any atom is -0.349 e. The zero-order valence-electron chi connectivity index (χ0n) is 9.03. The van der Waals surface area contributed by atoms with Crippen molar-refractivity contribution in [2.75, 3.05) is 19.0 Å². The SMILES string of the molecule is CC(=O)c1ccc2nc(N(C)C)[nH]c2c1. The number of benzene rings is 1. The Morgan fingerprint density at radius 2 is 2.13 bits per heavy atom. The van der Waals surface area contributed by atoms with Gasteiger partial charge in [0.05, 0.1) is 11.0 Å². The van der Waals surface area contributed by atoms with E-state index in [9.17, 15) is 4.79 Å². The summed E-state index contributed by atoms with van der Waals surface area (Å²) in [4.78, 5) is 20.6. The van der Waals surface area contributed by atoms with E-state index < -0.39 is 0 Å². The summed E-state index contributed by atoms with van der Waals surface area (Å²) in [6, 6.07) is 5.48. The molecule has 0 spiro atoms. The Labute approximate surface area is 87.9 Å². The molecular formula is C11H13N3O. The summed E-state index contributed by atoms with van der Waals surface area (Å²) < 4.78 is 0. The third-order valence-electron chi connectivity index (χ3n) is 2.30. The number of nitrogens with zero attached hydrogens (tertiary/aromatic N) is 2. The molecule has 0 aliphatic heterocycles. The Hall–Kier alpha value is -1.84. The van der Waals surface area contributed by atoms with Crippen LogP contribution in [0, 0.1) is 0 Å². The number of rotatable bonds is 2. The lowest BCUT2D eigenvalue weighted by molar-refractivity contribution is 0.101. The average molecular weight is 203 g/mol. The molecule has 1 heterocycles. The van der Waals surface area contributed by atoms with Gasteiger partial charge in [0, 0.05) is 19.7 Å². The highest BCUT2D eigenvalue weighted by atomic mass is 16.1. The summed E-state index contributed by atoms with van der Waals surface area (Å²) in [7, 11) is 3.84. The van der Waals surface area contributed by atoms with Crippen LogP contribution in [0.5, 0.6) is 0 Å². The lowest BCUT2D eigenvalue weighted by Gasteiger charge is -2.05. The van der Waals surface area contributed by atoms with Crippen LogP contribution in [0.15, 0.2) is 18.2 Å². The highest BCUT2D eigenvalue weighted by Gasteiger charge is 2.06. The number of ketones is 1. The molecule has 0 radical (unpaired) electrons. The third-order valence-corrected chi connectivity index (χ3v) is 2.30. The van der Waals surface area contributed by atoms with Gasteiger partial charge in [-0.2, -0.15) is 0 Å². The van der Waals surface area contributed by atoms with Crippen LogP contribution < -0.4 is 4.90 Å². The molecule has 78 valence electrons. The van der Waals surface area contributed by atoms with E-state index in [2.05, 4.69) is 9.97 Å². The normalized spacial score (nSPS) is 10.6. The Bertz CT molecular complexity index is 514. The van der Waals surface area contributed by atoms with Crippen LogP contribution in [-0.2, 0) is 0 Å². The molecule has 0 aliphatic rings. The zero-order chi connectivity index (χ0) is 11.0. The van der Waals surface area contributed by atoms with Crippen molar-refractivity contribution in [3.05, 3.63) is 23.8 Å². The smallest absolute Gasteiger partial charge is 0.203 e. The maximum absolute atomic E-state index is 11.2. The Morgan fingerprint density at radius 3 is 2.73 bits per heavy atom. The van der Waals surface area contributed by atoms with Crippen LogP contribution in [0.4, 0.5) is 5.95 Å². The Morgan fingerprint density at radius 1 is 1.40 bits per heavy atom. The summed E-state index contributed by atoms with van der Waals surface area (Å²) >= 11 is 0. The average Bonchev–Trinajstić information content (AvgIpc) is 2.59. The zero-order valence-corrected chi connectivity index (χ0v) is 9.03. The van der Waals surface area contributed by atoms with Crippen molar-refractivity contribution in [2.24, 2.45) is 0 Å². The number of Topliss-reactive ketones (excluding diaryl/α,β-unsaturated/α-hetero) is 1. The summed E-state index contributed by atoms with van der Waals surface area (Å²) in [5, 5.41) is 0. The van der Waals surface area contributed by atoms with E-state index in [0.717, 1.165) is 17.0 Å². The first kappa shape index (κ1) is 9.71. The number of carbonyl (C=O) groups is 1. The summed E-state index contributed by atoms with van der Waals surface area (Å²) in [6.45, 7) is 1.56. The molecule has 2 aromatic rings. The van der Waals surface area contributed by atoms with Crippen LogP contribution in [0.25, 0.3) is 11.0 Å². The van der Waals surface area contributed by atoms with Gasteiger partial charge in [-0.1, -0.05) is 0 Å². The molecule has 4 nitrogen and oxygen atoms in total. The Kier molecular flexibility index (Phi) is 2.19. The largest absolute Gasteiger partial charge is 0.349 e. The highest BCUT2D eigenvalue weighted by molar-refractivity contribution is 5.97. The second-order valence-corrected chi connectivity index (χ2v) is 3.74. The van der Waals surface area contributed by atoms with Gasteiger partial charge in [0.2, 0.25) is 5.95 Å². The first-order valence-corrected chi connectivity index (χ1v) is 4.76. The molecule has 1 aromatic heterocycles. The van der Waals surface area contributed by atoms with Crippen molar-refractivity contribution in [3.8, 4) is 0 Å². The molecule has 4 heteroatoms. The predicted octanol–water partition coefficient (Wildman–Crippen LogP) is 1.83. The van der Waals surface area contributed by atoms with Gasteiger partial charge < -0.3 is 9.88 Å². The number of anilines is 1. The number of hydrogen-bond donors (Lipinski definition) is 1.